The monoisotopic (exact) mass is 276 g/mol. The van der Waals surface area contributed by atoms with Gasteiger partial charge in [-0.25, -0.2) is 9.97 Å². The molecule has 0 bridgehead atoms. The average molecular weight is 276 g/mol. The zero-order chi connectivity index (χ0) is 14.4. The third-order valence-corrected chi connectivity index (χ3v) is 4.19. The van der Waals surface area contributed by atoms with E-state index in [9.17, 15) is 0 Å². The van der Waals surface area contributed by atoms with Crippen LogP contribution in [-0.4, -0.2) is 29.1 Å². The number of anilines is 2. The summed E-state index contributed by atoms with van der Waals surface area (Å²) < 4.78 is 0. The minimum atomic E-state index is 0.642. The van der Waals surface area contributed by atoms with Crippen molar-refractivity contribution in [3.8, 4) is 0 Å². The predicted octanol–water partition coefficient (Wildman–Crippen LogP) is 3.63. The first-order valence-electron chi connectivity index (χ1n) is 8.16. The van der Waals surface area contributed by atoms with Crippen LogP contribution in [0.5, 0.6) is 0 Å². The number of aromatic nitrogens is 2. The molecular formula is C16H28N4. The molecule has 4 heteroatoms. The smallest absolute Gasteiger partial charge is 0.137 e. The summed E-state index contributed by atoms with van der Waals surface area (Å²) in [5.41, 5.74) is 1.28. The fourth-order valence-electron chi connectivity index (χ4n) is 3.08. The Morgan fingerprint density at radius 2 is 2.10 bits per heavy atom. The number of hydrogen-bond acceptors (Lipinski definition) is 4. The second-order valence-corrected chi connectivity index (χ2v) is 5.56. The summed E-state index contributed by atoms with van der Waals surface area (Å²) in [4.78, 5) is 11.6. The SMILES string of the molecule is CCCNc1ncnc(N2CCCCC2CC)c1CC. The van der Waals surface area contributed by atoms with Crippen molar-refractivity contribution >= 4 is 11.6 Å². The molecular weight excluding hydrogens is 248 g/mol. The molecule has 0 aliphatic carbocycles. The lowest BCUT2D eigenvalue weighted by Gasteiger charge is -2.37. The van der Waals surface area contributed by atoms with Gasteiger partial charge in [0.1, 0.15) is 18.0 Å². The van der Waals surface area contributed by atoms with E-state index in [1.807, 2.05) is 0 Å². The largest absolute Gasteiger partial charge is 0.370 e. The Labute approximate surface area is 123 Å². The first kappa shape index (κ1) is 15.1. The van der Waals surface area contributed by atoms with Crippen molar-refractivity contribution in [2.45, 2.75) is 65.3 Å². The Morgan fingerprint density at radius 3 is 2.80 bits per heavy atom. The highest BCUT2D eigenvalue weighted by Gasteiger charge is 2.25. The van der Waals surface area contributed by atoms with Crippen molar-refractivity contribution in [2.75, 3.05) is 23.3 Å². The van der Waals surface area contributed by atoms with Crippen molar-refractivity contribution in [3.63, 3.8) is 0 Å². The molecule has 20 heavy (non-hydrogen) atoms. The maximum atomic E-state index is 4.61. The summed E-state index contributed by atoms with van der Waals surface area (Å²) in [5.74, 6) is 2.19. The summed E-state index contributed by atoms with van der Waals surface area (Å²) in [6.07, 6.45) is 8.93. The first-order valence-corrected chi connectivity index (χ1v) is 8.16. The van der Waals surface area contributed by atoms with E-state index in [1.165, 1.54) is 31.2 Å². The minimum Gasteiger partial charge on any atom is -0.370 e. The second-order valence-electron chi connectivity index (χ2n) is 5.56. The van der Waals surface area contributed by atoms with Crippen LogP contribution in [-0.2, 0) is 6.42 Å². The molecule has 0 radical (unpaired) electrons. The zero-order valence-corrected chi connectivity index (χ0v) is 13.2. The molecule has 1 unspecified atom stereocenters. The molecule has 1 saturated heterocycles. The molecule has 2 heterocycles. The number of nitrogens with zero attached hydrogens (tertiary/aromatic N) is 3. The van der Waals surface area contributed by atoms with Crippen LogP contribution in [0.4, 0.5) is 11.6 Å². The zero-order valence-electron chi connectivity index (χ0n) is 13.2. The third kappa shape index (κ3) is 3.22. The Balaban J connectivity index is 2.29. The summed E-state index contributed by atoms with van der Waals surface area (Å²) in [5, 5.41) is 3.45. The van der Waals surface area contributed by atoms with Crippen molar-refractivity contribution < 1.29 is 0 Å². The van der Waals surface area contributed by atoms with Gasteiger partial charge in [-0.2, -0.15) is 0 Å². The standard InChI is InChI=1S/C16H28N4/c1-4-10-17-15-14(6-3)16(19-12-18-15)20-11-8-7-9-13(20)5-2/h12-13H,4-11H2,1-3H3,(H,17,18,19). The quantitative estimate of drug-likeness (QED) is 0.861. The first-order chi connectivity index (χ1) is 9.81. The summed E-state index contributed by atoms with van der Waals surface area (Å²) in [7, 11) is 0. The average Bonchev–Trinajstić information content (AvgIpc) is 2.52. The van der Waals surface area contributed by atoms with Gasteiger partial charge < -0.3 is 10.2 Å². The van der Waals surface area contributed by atoms with Gasteiger partial charge in [0.05, 0.1) is 0 Å². The fourth-order valence-corrected chi connectivity index (χ4v) is 3.08. The molecule has 1 atom stereocenters. The van der Waals surface area contributed by atoms with Crippen LogP contribution in [0.3, 0.4) is 0 Å². The van der Waals surface area contributed by atoms with E-state index in [0.29, 0.717) is 6.04 Å². The highest BCUT2D eigenvalue weighted by Crippen LogP contribution is 2.30. The van der Waals surface area contributed by atoms with Crippen LogP contribution < -0.4 is 10.2 Å². The van der Waals surface area contributed by atoms with E-state index in [1.54, 1.807) is 6.33 Å². The number of rotatable bonds is 6. The molecule has 1 N–H and O–H groups in total. The molecule has 1 aromatic rings. The Hall–Kier alpha value is -1.32. The molecule has 2 rings (SSSR count). The molecule has 4 nitrogen and oxygen atoms in total. The molecule has 1 aliphatic rings. The Bertz CT molecular complexity index is 419. The lowest BCUT2D eigenvalue weighted by atomic mass is 9.99. The van der Waals surface area contributed by atoms with Gasteiger partial charge in [-0.05, 0) is 38.5 Å². The summed E-state index contributed by atoms with van der Waals surface area (Å²) in [6.45, 7) is 8.77. The molecule has 0 spiro atoms. The van der Waals surface area contributed by atoms with Crippen molar-refractivity contribution in [1.82, 2.24) is 9.97 Å². The van der Waals surface area contributed by atoms with E-state index in [0.717, 1.165) is 37.6 Å². The number of nitrogens with one attached hydrogen (secondary N) is 1. The predicted molar refractivity (Wildman–Crippen MR) is 85.5 cm³/mol. The lowest BCUT2D eigenvalue weighted by Crippen LogP contribution is -2.40. The topological polar surface area (TPSA) is 41.1 Å². The molecule has 1 aromatic heterocycles. The summed E-state index contributed by atoms with van der Waals surface area (Å²) in [6, 6.07) is 0.642. The molecule has 1 fully saturated rings. The maximum Gasteiger partial charge on any atom is 0.137 e. The van der Waals surface area contributed by atoms with Gasteiger partial charge in [0.15, 0.2) is 0 Å². The second kappa shape index (κ2) is 7.46. The van der Waals surface area contributed by atoms with Crippen LogP contribution in [0.1, 0.15) is 58.4 Å². The van der Waals surface area contributed by atoms with Gasteiger partial charge in [0.2, 0.25) is 0 Å². The lowest BCUT2D eigenvalue weighted by molar-refractivity contribution is 0.445. The van der Waals surface area contributed by atoms with Crippen LogP contribution in [0.15, 0.2) is 6.33 Å². The molecule has 0 saturated carbocycles. The highest BCUT2D eigenvalue weighted by molar-refractivity contribution is 5.59. The Kier molecular flexibility index (Phi) is 5.62. The van der Waals surface area contributed by atoms with E-state index >= 15 is 0 Å². The minimum absolute atomic E-state index is 0.642. The van der Waals surface area contributed by atoms with Crippen LogP contribution in [0, 0.1) is 0 Å². The van der Waals surface area contributed by atoms with Gasteiger partial charge in [-0.3, -0.25) is 0 Å². The van der Waals surface area contributed by atoms with E-state index < -0.39 is 0 Å². The maximum absolute atomic E-state index is 4.61. The highest BCUT2D eigenvalue weighted by atomic mass is 15.2. The summed E-state index contributed by atoms with van der Waals surface area (Å²) >= 11 is 0. The van der Waals surface area contributed by atoms with Crippen molar-refractivity contribution in [3.05, 3.63) is 11.9 Å². The van der Waals surface area contributed by atoms with Crippen molar-refractivity contribution in [1.29, 1.82) is 0 Å². The number of hydrogen-bond donors (Lipinski definition) is 1. The van der Waals surface area contributed by atoms with E-state index in [2.05, 4.69) is 41.0 Å². The van der Waals surface area contributed by atoms with Crippen molar-refractivity contribution in [2.24, 2.45) is 0 Å². The normalized spacial score (nSPS) is 19.1. The van der Waals surface area contributed by atoms with Gasteiger partial charge in [-0.15, -0.1) is 0 Å². The van der Waals surface area contributed by atoms with Gasteiger partial charge >= 0.3 is 0 Å². The van der Waals surface area contributed by atoms with Gasteiger partial charge in [-0.1, -0.05) is 20.8 Å². The molecule has 0 amide bonds. The van der Waals surface area contributed by atoms with E-state index in [4.69, 9.17) is 0 Å². The van der Waals surface area contributed by atoms with E-state index in [-0.39, 0.29) is 0 Å². The Morgan fingerprint density at radius 1 is 1.25 bits per heavy atom. The van der Waals surface area contributed by atoms with Crippen LogP contribution in [0.2, 0.25) is 0 Å². The molecule has 0 aromatic carbocycles. The van der Waals surface area contributed by atoms with Gasteiger partial charge in [0, 0.05) is 24.7 Å². The number of piperidine rings is 1. The van der Waals surface area contributed by atoms with Crippen LogP contribution >= 0.6 is 0 Å². The fraction of sp³-hybridized carbons (Fsp3) is 0.750. The van der Waals surface area contributed by atoms with Gasteiger partial charge in [0.25, 0.3) is 0 Å². The third-order valence-electron chi connectivity index (χ3n) is 4.19. The van der Waals surface area contributed by atoms with Crippen LogP contribution in [0.25, 0.3) is 0 Å². The molecule has 1 aliphatic heterocycles. The molecule has 112 valence electrons.